The number of halogens is 2. The molecule has 0 unspecified atom stereocenters. The van der Waals surface area contributed by atoms with E-state index in [0.717, 1.165) is 19.4 Å². The Kier molecular flexibility index (Phi) is 7.14. The summed E-state index contributed by atoms with van der Waals surface area (Å²) in [6.45, 7) is -0.475. The molecule has 1 aromatic carbocycles. The third-order valence-electron chi connectivity index (χ3n) is 4.18. The van der Waals surface area contributed by atoms with Gasteiger partial charge in [-0.15, -0.1) is 11.3 Å². The van der Waals surface area contributed by atoms with Gasteiger partial charge in [-0.25, -0.2) is 0 Å². The average Bonchev–Trinajstić information content (AvgIpc) is 3.30. The van der Waals surface area contributed by atoms with Gasteiger partial charge >= 0.3 is 6.61 Å². The van der Waals surface area contributed by atoms with Crippen molar-refractivity contribution in [3.05, 3.63) is 46.7 Å². The number of rotatable bonds is 9. The first-order valence-electron chi connectivity index (χ1n) is 8.79. The molecular weight excluding hydrogens is 374 g/mol. The van der Waals surface area contributed by atoms with Crippen LogP contribution in [0.4, 0.5) is 14.5 Å². The molecule has 1 fully saturated rings. The first kappa shape index (κ1) is 19.7. The number of anilines is 1. The molecule has 1 atom stereocenters. The zero-order chi connectivity index (χ0) is 19.1. The Labute approximate surface area is 160 Å². The van der Waals surface area contributed by atoms with Gasteiger partial charge in [-0.05, 0) is 48.6 Å². The van der Waals surface area contributed by atoms with E-state index < -0.39 is 6.61 Å². The van der Waals surface area contributed by atoms with E-state index in [1.54, 1.807) is 23.5 Å². The van der Waals surface area contributed by atoms with E-state index in [-0.39, 0.29) is 24.3 Å². The van der Waals surface area contributed by atoms with Gasteiger partial charge in [0.1, 0.15) is 5.75 Å². The predicted molar refractivity (Wildman–Crippen MR) is 100 cm³/mol. The summed E-state index contributed by atoms with van der Waals surface area (Å²) in [7, 11) is 0. The van der Waals surface area contributed by atoms with Crippen LogP contribution in [0, 0.1) is 0 Å². The summed E-state index contributed by atoms with van der Waals surface area (Å²) in [6, 6.07) is 9.92. The lowest BCUT2D eigenvalue weighted by Gasteiger charge is -2.24. The Morgan fingerprint density at radius 2 is 2.15 bits per heavy atom. The Balaban J connectivity index is 1.55. The summed E-state index contributed by atoms with van der Waals surface area (Å²) in [4.78, 5) is 15.7. The number of hydrogen-bond donors (Lipinski definition) is 1. The Morgan fingerprint density at radius 3 is 2.78 bits per heavy atom. The van der Waals surface area contributed by atoms with Crippen molar-refractivity contribution in [2.24, 2.45) is 0 Å². The number of alkyl halides is 2. The molecule has 1 saturated heterocycles. The minimum Gasteiger partial charge on any atom is -0.435 e. The Morgan fingerprint density at radius 1 is 1.33 bits per heavy atom. The predicted octanol–water partition coefficient (Wildman–Crippen LogP) is 3.97. The van der Waals surface area contributed by atoms with E-state index in [2.05, 4.69) is 15.0 Å². The van der Waals surface area contributed by atoms with Crippen molar-refractivity contribution < 1.29 is 23.0 Å². The van der Waals surface area contributed by atoms with Crippen LogP contribution >= 0.6 is 11.3 Å². The monoisotopic (exact) mass is 396 g/mol. The smallest absolute Gasteiger partial charge is 0.387 e. The largest absolute Gasteiger partial charge is 0.435 e. The molecule has 1 amide bonds. The third-order valence-corrected chi connectivity index (χ3v) is 5.04. The van der Waals surface area contributed by atoms with Crippen LogP contribution in [-0.4, -0.2) is 43.2 Å². The van der Waals surface area contributed by atoms with Gasteiger partial charge in [0, 0.05) is 30.3 Å². The van der Waals surface area contributed by atoms with E-state index in [0.29, 0.717) is 18.8 Å². The topological polar surface area (TPSA) is 50.8 Å². The molecule has 5 nitrogen and oxygen atoms in total. The Bertz CT molecular complexity index is 704. The second-order valence-electron chi connectivity index (χ2n) is 6.34. The molecule has 0 radical (unpaired) electrons. The maximum absolute atomic E-state index is 12.4. The van der Waals surface area contributed by atoms with E-state index in [1.807, 2.05) is 17.5 Å². The van der Waals surface area contributed by atoms with Gasteiger partial charge < -0.3 is 14.8 Å². The first-order valence-corrected chi connectivity index (χ1v) is 9.67. The van der Waals surface area contributed by atoms with Gasteiger partial charge in [0.05, 0.1) is 12.6 Å². The molecule has 0 saturated carbocycles. The summed E-state index contributed by atoms with van der Waals surface area (Å²) < 4.78 is 34.4. The quantitative estimate of drug-likeness (QED) is 0.697. The van der Waals surface area contributed by atoms with Crippen molar-refractivity contribution in [2.45, 2.75) is 32.1 Å². The van der Waals surface area contributed by atoms with Crippen molar-refractivity contribution in [1.82, 2.24) is 4.90 Å². The molecule has 0 aliphatic carbocycles. The first-order chi connectivity index (χ1) is 13.1. The number of carbonyl (C=O) groups is 1. The lowest BCUT2D eigenvalue weighted by molar-refractivity contribution is -0.117. The van der Waals surface area contributed by atoms with Crippen molar-refractivity contribution in [1.29, 1.82) is 0 Å². The highest BCUT2D eigenvalue weighted by Crippen LogP contribution is 2.19. The maximum Gasteiger partial charge on any atom is 0.387 e. The van der Waals surface area contributed by atoms with Crippen LogP contribution in [0.15, 0.2) is 41.8 Å². The van der Waals surface area contributed by atoms with E-state index >= 15 is 0 Å². The Hall–Kier alpha value is -2.03. The highest BCUT2D eigenvalue weighted by molar-refractivity contribution is 7.09. The maximum atomic E-state index is 12.4. The van der Waals surface area contributed by atoms with Crippen molar-refractivity contribution in [3.63, 3.8) is 0 Å². The van der Waals surface area contributed by atoms with E-state index in [4.69, 9.17) is 4.74 Å². The SMILES string of the molecule is O=C(CN(Cc1cccs1)C[C@@H]1CCCO1)Nc1ccc(OC(F)F)cc1. The second kappa shape index (κ2) is 9.77. The van der Waals surface area contributed by atoms with Crippen molar-refractivity contribution in [2.75, 3.05) is 25.0 Å². The molecular formula is C19H22F2N2O3S. The van der Waals surface area contributed by atoms with Gasteiger partial charge in [-0.1, -0.05) is 6.07 Å². The minimum atomic E-state index is -2.87. The van der Waals surface area contributed by atoms with Gasteiger partial charge in [0.25, 0.3) is 0 Å². The highest BCUT2D eigenvalue weighted by Gasteiger charge is 2.21. The lowest BCUT2D eigenvalue weighted by atomic mass is 10.2. The lowest BCUT2D eigenvalue weighted by Crippen LogP contribution is -2.37. The van der Waals surface area contributed by atoms with Crippen LogP contribution in [0.2, 0.25) is 0 Å². The van der Waals surface area contributed by atoms with Crippen molar-refractivity contribution >= 4 is 22.9 Å². The minimum absolute atomic E-state index is 0.0562. The number of nitrogens with one attached hydrogen (secondary N) is 1. The second-order valence-corrected chi connectivity index (χ2v) is 7.37. The summed E-state index contributed by atoms with van der Waals surface area (Å²) in [6.07, 6.45) is 2.22. The molecule has 1 aliphatic rings. The van der Waals surface area contributed by atoms with Crippen LogP contribution in [0.25, 0.3) is 0 Å². The third kappa shape index (κ3) is 6.57. The van der Waals surface area contributed by atoms with Gasteiger partial charge in [0.15, 0.2) is 0 Å². The molecule has 1 aromatic heterocycles. The normalized spacial score (nSPS) is 16.8. The molecule has 146 valence electrons. The number of hydrogen-bond acceptors (Lipinski definition) is 5. The fraction of sp³-hybridized carbons (Fsp3) is 0.421. The summed E-state index contributed by atoms with van der Waals surface area (Å²) >= 11 is 1.66. The van der Waals surface area contributed by atoms with Gasteiger partial charge in [-0.3, -0.25) is 9.69 Å². The van der Waals surface area contributed by atoms with Crippen LogP contribution in [0.1, 0.15) is 17.7 Å². The molecule has 0 bridgehead atoms. The summed E-state index contributed by atoms with van der Waals surface area (Å²) in [5, 5.41) is 4.81. The van der Waals surface area contributed by atoms with Crippen LogP contribution in [0.5, 0.6) is 5.75 Å². The number of thiophene rings is 1. The molecule has 1 N–H and O–H groups in total. The summed E-state index contributed by atoms with van der Waals surface area (Å²) in [5.74, 6) is -0.104. The van der Waals surface area contributed by atoms with Crippen LogP contribution < -0.4 is 10.1 Å². The summed E-state index contributed by atoms with van der Waals surface area (Å²) in [5.41, 5.74) is 0.537. The molecule has 8 heteroatoms. The highest BCUT2D eigenvalue weighted by atomic mass is 32.1. The molecule has 1 aliphatic heterocycles. The van der Waals surface area contributed by atoms with Crippen LogP contribution in [-0.2, 0) is 16.1 Å². The van der Waals surface area contributed by atoms with Gasteiger partial charge in [0.2, 0.25) is 5.91 Å². The number of nitrogens with zero attached hydrogens (tertiary/aromatic N) is 1. The van der Waals surface area contributed by atoms with Crippen LogP contribution in [0.3, 0.4) is 0 Å². The number of carbonyl (C=O) groups excluding carboxylic acids is 1. The fourth-order valence-corrected chi connectivity index (χ4v) is 3.75. The fourth-order valence-electron chi connectivity index (χ4n) is 3.01. The van der Waals surface area contributed by atoms with Gasteiger partial charge in [-0.2, -0.15) is 8.78 Å². The molecule has 2 heterocycles. The zero-order valence-electron chi connectivity index (χ0n) is 14.8. The molecule has 3 rings (SSSR count). The standard InChI is InChI=1S/C19H22F2N2O3S/c20-19(21)26-15-7-5-14(6-8-15)22-18(24)13-23(11-16-3-1-9-25-16)12-17-4-2-10-27-17/h2,4-8,10,16,19H,1,3,9,11-13H2,(H,22,24)/t16-/m0/s1. The molecule has 2 aromatic rings. The molecule has 0 spiro atoms. The molecule has 27 heavy (non-hydrogen) atoms. The number of ether oxygens (including phenoxy) is 2. The van der Waals surface area contributed by atoms with Crippen molar-refractivity contribution in [3.8, 4) is 5.75 Å². The average molecular weight is 396 g/mol. The van der Waals surface area contributed by atoms with E-state index in [1.165, 1.54) is 17.0 Å². The number of amides is 1. The number of benzene rings is 1. The zero-order valence-corrected chi connectivity index (χ0v) is 15.6. The van der Waals surface area contributed by atoms with E-state index in [9.17, 15) is 13.6 Å².